The Bertz CT molecular complexity index is 590. The molecule has 0 radical (unpaired) electrons. The molecule has 3 nitrogen and oxygen atoms in total. The van der Waals surface area contributed by atoms with Gasteiger partial charge in [0, 0.05) is 35.0 Å². The average Bonchev–Trinajstić information content (AvgIpc) is 3.17. The fraction of sp³-hybridized carbons (Fsp3) is 0.375. The topological polar surface area (TPSA) is 26.2 Å². The van der Waals surface area contributed by atoms with Crippen LogP contribution in [-0.4, -0.2) is 17.7 Å². The quantitative estimate of drug-likeness (QED) is 0.874. The van der Waals surface area contributed by atoms with E-state index in [-0.39, 0.29) is 0 Å². The van der Waals surface area contributed by atoms with Gasteiger partial charge in [0.05, 0.1) is 13.7 Å². The summed E-state index contributed by atoms with van der Waals surface area (Å²) >= 11 is 3.52. The number of halogens is 1. The minimum absolute atomic E-state index is 0.753. The smallest absolute Gasteiger partial charge is 0.123 e. The fourth-order valence-electron chi connectivity index (χ4n) is 2.31. The lowest BCUT2D eigenvalue weighted by Gasteiger charge is -2.10. The molecule has 0 aliphatic heterocycles. The van der Waals surface area contributed by atoms with Crippen molar-refractivity contribution in [2.45, 2.75) is 32.0 Å². The second-order valence-electron chi connectivity index (χ2n) is 5.30. The van der Waals surface area contributed by atoms with Gasteiger partial charge in [-0.05, 0) is 42.7 Å². The van der Waals surface area contributed by atoms with E-state index in [2.05, 4.69) is 50.3 Å². The van der Waals surface area contributed by atoms with Crippen LogP contribution in [0.5, 0.6) is 5.75 Å². The molecule has 0 saturated heterocycles. The molecule has 1 aromatic carbocycles. The van der Waals surface area contributed by atoms with Gasteiger partial charge < -0.3 is 14.6 Å². The zero-order chi connectivity index (χ0) is 13.9. The number of ether oxygens (including phenoxy) is 1. The molecule has 0 amide bonds. The minimum Gasteiger partial charge on any atom is -0.496 e. The van der Waals surface area contributed by atoms with Crippen molar-refractivity contribution in [3.05, 3.63) is 52.3 Å². The molecule has 1 fully saturated rings. The summed E-state index contributed by atoms with van der Waals surface area (Å²) in [5, 5.41) is 3.54. The molecule has 1 N–H and O–H groups in total. The van der Waals surface area contributed by atoms with Crippen LogP contribution in [0.3, 0.4) is 0 Å². The second kappa shape index (κ2) is 6.02. The first kappa shape index (κ1) is 13.7. The number of nitrogens with zero attached hydrogens (tertiary/aromatic N) is 1. The Kier molecular flexibility index (Phi) is 4.13. The standard InChI is InChI=1S/C16H19BrN2O/c1-20-16-5-2-14(17)8-13(16)11-19-7-6-12(10-19)9-18-15-3-4-15/h2,5-8,10,15,18H,3-4,9,11H2,1H3. The van der Waals surface area contributed by atoms with Gasteiger partial charge in [0.15, 0.2) is 0 Å². The molecule has 1 aliphatic rings. The van der Waals surface area contributed by atoms with Gasteiger partial charge in [-0.2, -0.15) is 0 Å². The summed E-state index contributed by atoms with van der Waals surface area (Å²) in [6, 6.07) is 9.05. The van der Waals surface area contributed by atoms with Crippen LogP contribution in [0.25, 0.3) is 0 Å². The SMILES string of the molecule is COc1ccc(Br)cc1Cn1ccc(CNC2CC2)c1. The van der Waals surface area contributed by atoms with E-state index in [1.807, 2.05) is 12.1 Å². The first-order valence-corrected chi connectivity index (χ1v) is 7.74. The summed E-state index contributed by atoms with van der Waals surface area (Å²) in [6.07, 6.45) is 6.99. The molecular formula is C16H19BrN2O. The summed E-state index contributed by atoms with van der Waals surface area (Å²) in [7, 11) is 1.72. The first-order valence-electron chi connectivity index (χ1n) is 6.95. The van der Waals surface area contributed by atoms with E-state index in [1.165, 1.54) is 24.0 Å². The molecule has 1 aliphatic carbocycles. The molecule has 20 heavy (non-hydrogen) atoms. The number of benzene rings is 1. The fourth-order valence-corrected chi connectivity index (χ4v) is 2.72. The van der Waals surface area contributed by atoms with E-state index in [0.717, 1.165) is 29.4 Å². The normalized spacial score (nSPS) is 14.5. The van der Waals surface area contributed by atoms with Crippen LogP contribution in [0.1, 0.15) is 24.0 Å². The second-order valence-corrected chi connectivity index (χ2v) is 6.22. The average molecular weight is 335 g/mol. The van der Waals surface area contributed by atoms with Crippen LogP contribution < -0.4 is 10.1 Å². The summed E-state index contributed by atoms with van der Waals surface area (Å²) in [5.41, 5.74) is 2.52. The van der Waals surface area contributed by atoms with Crippen molar-refractivity contribution in [1.82, 2.24) is 9.88 Å². The van der Waals surface area contributed by atoms with Crippen LogP contribution in [0.15, 0.2) is 41.1 Å². The monoisotopic (exact) mass is 334 g/mol. The molecule has 1 heterocycles. The molecule has 106 valence electrons. The van der Waals surface area contributed by atoms with Crippen molar-refractivity contribution in [3.8, 4) is 5.75 Å². The maximum Gasteiger partial charge on any atom is 0.123 e. The van der Waals surface area contributed by atoms with E-state index < -0.39 is 0 Å². The number of hydrogen-bond donors (Lipinski definition) is 1. The summed E-state index contributed by atoms with van der Waals surface area (Å²) in [4.78, 5) is 0. The van der Waals surface area contributed by atoms with E-state index >= 15 is 0 Å². The van der Waals surface area contributed by atoms with Gasteiger partial charge in [-0.25, -0.2) is 0 Å². The molecule has 0 atom stereocenters. The first-order chi connectivity index (χ1) is 9.74. The van der Waals surface area contributed by atoms with Crippen molar-refractivity contribution < 1.29 is 4.74 Å². The maximum atomic E-state index is 5.42. The minimum atomic E-state index is 0.753. The van der Waals surface area contributed by atoms with Crippen molar-refractivity contribution >= 4 is 15.9 Å². The summed E-state index contributed by atoms with van der Waals surface area (Å²) < 4.78 is 8.70. The van der Waals surface area contributed by atoms with Crippen molar-refractivity contribution in [2.24, 2.45) is 0 Å². The number of hydrogen-bond acceptors (Lipinski definition) is 2. The third-order valence-corrected chi connectivity index (χ3v) is 4.07. The van der Waals surface area contributed by atoms with Gasteiger partial charge in [0.1, 0.15) is 5.75 Å². The van der Waals surface area contributed by atoms with Crippen LogP contribution in [0.2, 0.25) is 0 Å². The van der Waals surface area contributed by atoms with Gasteiger partial charge in [0.25, 0.3) is 0 Å². The Labute approximate surface area is 128 Å². The Morgan fingerprint density at radius 1 is 1.35 bits per heavy atom. The molecule has 1 aromatic heterocycles. The predicted molar refractivity (Wildman–Crippen MR) is 84.1 cm³/mol. The Morgan fingerprint density at radius 3 is 2.95 bits per heavy atom. The number of rotatable bonds is 6. The molecule has 0 unspecified atom stereocenters. The van der Waals surface area contributed by atoms with Crippen LogP contribution in [0.4, 0.5) is 0 Å². The van der Waals surface area contributed by atoms with Crippen LogP contribution in [-0.2, 0) is 13.1 Å². The van der Waals surface area contributed by atoms with Gasteiger partial charge in [-0.3, -0.25) is 0 Å². The van der Waals surface area contributed by atoms with Gasteiger partial charge in [0.2, 0.25) is 0 Å². The summed E-state index contributed by atoms with van der Waals surface area (Å²) in [5.74, 6) is 0.930. The van der Waals surface area contributed by atoms with E-state index in [9.17, 15) is 0 Å². The highest BCUT2D eigenvalue weighted by atomic mass is 79.9. The highest BCUT2D eigenvalue weighted by Gasteiger charge is 2.19. The maximum absolute atomic E-state index is 5.42. The molecule has 2 aromatic rings. The lowest BCUT2D eigenvalue weighted by atomic mass is 10.2. The molecule has 0 spiro atoms. The van der Waals surface area contributed by atoms with Crippen molar-refractivity contribution in [2.75, 3.05) is 7.11 Å². The third-order valence-electron chi connectivity index (χ3n) is 3.58. The largest absolute Gasteiger partial charge is 0.496 e. The highest BCUT2D eigenvalue weighted by molar-refractivity contribution is 9.10. The number of nitrogens with one attached hydrogen (secondary N) is 1. The van der Waals surface area contributed by atoms with E-state index in [1.54, 1.807) is 7.11 Å². The van der Waals surface area contributed by atoms with Gasteiger partial charge >= 0.3 is 0 Å². The molecule has 3 rings (SSSR count). The Morgan fingerprint density at radius 2 is 2.20 bits per heavy atom. The lowest BCUT2D eigenvalue weighted by molar-refractivity contribution is 0.408. The molecule has 4 heteroatoms. The number of methoxy groups -OCH3 is 1. The van der Waals surface area contributed by atoms with Crippen LogP contribution >= 0.6 is 15.9 Å². The third kappa shape index (κ3) is 3.44. The predicted octanol–water partition coefficient (Wildman–Crippen LogP) is 3.56. The molecular weight excluding hydrogens is 316 g/mol. The Hall–Kier alpha value is -1.26. The van der Waals surface area contributed by atoms with E-state index in [4.69, 9.17) is 4.74 Å². The summed E-state index contributed by atoms with van der Waals surface area (Å²) in [6.45, 7) is 1.79. The lowest BCUT2D eigenvalue weighted by Crippen LogP contribution is -2.14. The zero-order valence-corrected chi connectivity index (χ0v) is 13.2. The van der Waals surface area contributed by atoms with Crippen molar-refractivity contribution in [3.63, 3.8) is 0 Å². The van der Waals surface area contributed by atoms with E-state index in [0.29, 0.717) is 0 Å². The van der Waals surface area contributed by atoms with Gasteiger partial charge in [-0.15, -0.1) is 0 Å². The highest BCUT2D eigenvalue weighted by Crippen LogP contribution is 2.24. The zero-order valence-electron chi connectivity index (χ0n) is 11.6. The van der Waals surface area contributed by atoms with Crippen LogP contribution in [0, 0.1) is 0 Å². The number of aromatic nitrogens is 1. The van der Waals surface area contributed by atoms with Crippen molar-refractivity contribution in [1.29, 1.82) is 0 Å². The molecule has 0 bridgehead atoms. The van der Waals surface area contributed by atoms with Gasteiger partial charge in [-0.1, -0.05) is 15.9 Å². The Balaban J connectivity index is 1.68. The molecule has 1 saturated carbocycles.